The average Bonchev–Trinajstić information content (AvgIpc) is 2.60. The van der Waals surface area contributed by atoms with Gasteiger partial charge in [-0.3, -0.25) is 9.59 Å². The highest BCUT2D eigenvalue weighted by atomic mass is 16.5. The van der Waals surface area contributed by atoms with Gasteiger partial charge >= 0.3 is 5.97 Å². The van der Waals surface area contributed by atoms with Crippen LogP contribution in [0.25, 0.3) is 0 Å². The fourth-order valence-electron chi connectivity index (χ4n) is 3.52. The zero-order valence-electron chi connectivity index (χ0n) is 13.6. The molecule has 1 unspecified atom stereocenters. The van der Waals surface area contributed by atoms with Gasteiger partial charge in [0.05, 0.1) is 6.61 Å². The summed E-state index contributed by atoms with van der Waals surface area (Å²) in [6.45, 7) is 1.50. The summed E-state index contributed by atoms with van der Waals surface area (Å²) in [7, 11) is 0. The van der Waals surface area contributed by atoms with Crippen LogP contribution in [0, 0.1) is 0 Å². The molecule has 1 N–H and O–H groups in total. The van der Waals surface area contributed by atoms with Crippen LogP contribution < -0.4 is 4.74 Å². The Morgan fingerprint density at radius 1 is 1.12 bits per heavy atom. The van der Waals surface area contributed by atoms with E-state index >= 15 is 0 Å². The van der Waals surface area contributed by atoms with E-state index in [0.717, 1.165) is 17.7 Å². The van der Waals surface area contributed by atoms with E-state index in [0.29, 0.717) is 39.1 Å². The number of amides is 1. The second kappa shape index (κ2) is 7.66. The van der Waals surface area contributed by atoms with E-state index in [1.165, 1.54) is 4.90 Å². The van der Waals surface area contributed by atoms with Gasteiger partial charge in [-0.25, -0.2) is 0 Å². The molecule has 0 aliphatic carbocycles. The summed E-state index contributed by atoms with van der Waals surface area (Å²) in [6.07, 6.45) is 2.50. The number of carbonyl (C=O) groups excluding carboxylic acids is 1. The van der Waals surface area contributed by atoms with Crippen LogP contribution >= 0.6 is 0 Å². The van der Waals surface area contributed by atoms with Gasteiger partial charge in [-0.2, -0.15) is 0 Å². The maximum Gasteiger partial charge on any atom is 0.323 e. The third-order valence-electron chi connectivity index (χ3n) is 4.76. The number of hydrogen-bond donors (Lipinski definition) is 1. The van der Waals surface area contributed by atoms with Crippen LogP contribution in [0.3, 0.4) is 0 Å². The summed E-state index contributed by atoms with van der Waals surface area (Å²) in [6, 6.07) is 7.72. The minimum Gasteiger partial charge on any atom is -0.493 e. The summed E-state index contributed by atoms with van der Waals surface area (Å²) in [5.41, 5.74) is 1.04. The molecule has 1 fully saturated rings. The predicted octanol–water partition coefficient (Wildman–Crippen LogP) is 2.04. The van der Waals surface area contributed by atoms with Crippen LogP contribution in [0.4, 0.5) is 0 Å². The molecule has 2 aliphatic heterocycles. The molecule has 0 spiro atoms. The third kappa shape index (κ3) is 3.87. The Morgan fingerprint density at radius 2 is 1.88 bits per heavy atom. The van der Waals surface area contributed by atoms with Crippen molar-refractivity contribution >= 4 is 11.9 Å². The number of rotatable bonds is 5. The zero-order valence-corrected chi connectivity index (χ0v) is 13.6. The molecule has 0 radical (unpaired) electrons. The molecule has 1 saturated heterocycles. The van der Waals surface area contributed by atoms with Gasteiger partial charge in [0.15, 0.2) is 0 Å². The van der Waals surface area contributed by atoms with Gasteiger partial charge in [0.1, 0.15) is 12.3 Å². The first-order chi connectivity index (χ1) is 11.6. The maximum absolute atomic E-state index is 12.8. The lowest BCUT2D eigenvalue weighted by atomic mass is 9.89. The Morgan fingerprint density at radius 3 is 2.62 bits per heavy atom. The molecule has 1 aromatic rings. The van der Waals surface area contributed by atoms with Crippen molar-refractivity contribution in [3.63, 3.8) is 0 Å². The molecular weight excluding hydrogens is 310 g/mol. The van der Waals surface area contributed by atoms with E-state index in [1.54, 1.807) is 0 Å². The van der Waals surface area contributed by atoms with E-state index in [4.69, 9.17) is 9.47 Å². The zero-order chi connectivity index (χ0) is 16.9. The quantitative estimate of drug-likeness (QED) is 0.892. The molecule has 2 heterocycles. The second-order valence-electron chi connectivity index (χ2n) is 6.33. The monoisotopic (exact) mass is 333 g/mol. The number of nitrogens with zero attached hydrogens (tertiary/aromatic N) is 1. The lowest BCUT2D eigenvalue weighted by Crippen LogP contribution is -2.46. The highest BCUT2D eigenvalue weighted by molar-refractivity contribution is 5.82. The number of carboxylic acids is 1. The molecule has 6 heteroatoms. The molecule has 1 amide bonds. The van der Waals surface area contributed by atoms with Crippen molar-refractivity contribution in [2.75, 3.05) is 26.4 Å². The lowest BCUT2D eigenvalue weighted by molar-refractivity contribution is -0.148. The van der Waals surface area contributed by atoms with Gasteiger partial charge in [0.25, 0.3) is 0 Å². The Hall–Kier alpha value is -2.08. The van der Waals surface area contributed by atoms with Crippen molar-refractivity contribution in [2.24, 2.45) is 0 Å². The van der Waals surface area contributed by atoms with Crippen LogP contribution in [-0.2, 0) is 14.3 Å². The van der Waals surface area contributed by atoms with Gasteiger partial charge in [0, 0.05) is 25.7 Å². The summed E-state index contributed by atoms with van der Waals surface area (Å²) >= 11 is 0. The van der Waals surface area contributed by atoms with Gasteiger partial charge < -0.3 is 19.5 Å². The molecule has 3 rings (SSSR count). The number of carboxylic acid groups (broad SMARTS) is 1. The van der Waals surface area contributed by atoms with Crippen molar-refractivity contribution < 1.29 is 24.2 Å². The highest BCUT2D eigenvalue weighted by Crippen LogP contribution is 2.36. The number of fused-ring (bicyclic) bond motifs is 1. The number of para-hydroxylation sites is 1. The fourth-order valence-corrected chi connectivity index (χ4v) is 3.52. The van der Waals surface area contributed by atoms with Crippen LogP contribution in [0.15, 0.2) is 24.3 Å². The molecule has 1 atom stereocenters. The topological polar surface area (TPSA) is 76.1 Å². The fraction of sp³-hybridized carbons (Fsp3) is 0.556. The van der Waals surface area contributed by atoms with Crippen molar-refractivity contribution in [3.8, 4) is 5.75 Å². The van der Waals surface area contributed by atoms with E-state index in [-0.39, 0.29) is 24.4 Å². The molecule has 0 bridgehead atoms. The number of carbonyl (C=O) groups is 2. The molecule has 130 valence electrons. The number of aliphatic carboxylic acids is 1. The highest BCUT2D eigenvalue weighted by Gasteiger charge is 2.31. The summed E-state index contributed by atoms with van der Waals surface area (Å²) in [5, 5.41) is 9.18. The Balaban J connectivity index is 1.72. The lowest BCUT2D eigenvalue weighted by Gasteiger charge is -2.35. The summed E-state index contributed by atoms with van der Waals surface area (Å²) in [5.74, 6) is -0.149. The summed E-state index contributed by atoms with van der Waals surface area (Å²) in [4.78, 5) is 25.6. The van der Waals surface area contributed by atoms with E-state index in [2.05, 4.69) is 0 Å². The number of ether oxygens (including phenoxy) is 2. The molecule has 2 aliphatic rings. The standard InChI is InChI=1S/C18H23NO5/c20-17(19(12-18(21)22)14-6-8-23-9-7-14)11-13-5-10-24-16-4-2-1-3-15(13)16/h1-4,13-14H,5-12H2,(H,21,22). The van der Waals surface area contributed by atoms with Crippen molar-refractivity contribution in [1.29, 1.82) is 0 Å². The normalized spacial score (nSPS) is 20.8. The van der Waals surface area contributed by atoms with E-state index in [1.807, 2.05) is 24.3 Å². The Kier molecular flexibility index (Phi) is 5.35. The van der Waals surface area contributed by atoms with Gasteiger partial charge in [-0.1, -0.05) is 18.2 Å². The Bertz CT molecular complexity index is 597. The minimum absolute atomic E-state index is 0.0440. The SMILES string of the molecule is O=C(O)CN(C(=O)CC1CCOc2ccccc21)C1CCOCC1. The van der Waals surface area contributed by atoms with E-state index in [9.17, 15) is 14.7 Å². The van der Waals surface area contributed by atoms with Gasteiger partial charge in [0.2, 0.25) is 5.91 Å². The first-order valence-corrected chi connectivity index (χ1v) is 8.46. The average molecular weight is 333 g/mol. The molecule has 0 aromatic heterocycles. The first kappa shape index (κ1) is 16.8. The van der Waals surface area contributed by atoms with Crippen molar-refractivity contribution in [1.82, 2.24) is 4.90 Å². The van der Waals surface area contributed by atoms with Gasteiger partial charge in [-0.15, -0.1) is 0 Å². The summed E-state index contributed by atoms with van der Waals surface area (Å²) < 4.78 is 11.0. The van der Waals surface area contributed by atoms with Crippen LogP contribution in [-0.4, -0.2) is 54.3 Å². The first-order valence-electron chi connectivity index (χ1n) is 8.46. The smallest absolute Gasteiger partial charge is 0.323 e. The minimum atomic E-state index is -0.970. The molecule has 1 aromatic carbocycles. The molecule has 24 heavy (non-hydrogen) atoms. The van der Waals surface area contributed by atoms with Crippen molar-refractivity contribution in [2.45, 2.75) is 37.6 Å². The van der Waals surface area contributed by atoms with Crippen LogP contribution in [0.5, 0.6) is 5.75 Å². The Labute approximate surface area is 141 Å². The largest absolute Gasteiger partial charge is 0.493 e. The van der Waals surface area contributed by atoms with E-state index < -0.39 is 5.97 Å². The number of benzene rings is 1. The predicted molar refractivity (Wildman–Crippen MR) is 87.1 cm³/mol. The maximum atomic E-state index is 12.8. The van der Waals surface area contributed by atoms with Crippen LogP contribution in [0.2, 0.25) is 0 Å². The van der Waals surface area contributed by atoms with Crippen molar-refractivity contribution in [3.05, 3.63) is 29.8 Å². The van der Waals surface area contributed by atoms with Gasteiger partial charge in [-0.05, 0) is 36.8 Å². The second-order valence-corrected chi connectivity index (χ2v) is 6.33. The molecule has 0 saturated carbocycles. The third-order valence-corrected chi connectivity index (χ3v) is 4.76. The molecular formula is C18H23NO5. The molecule has 6 nitrogen and oxygen atoms in total. The number of hydrogen-bond acceptors (Lipinski definition) is 4. The van der Waals surface area contributed by atoms with Crippen LogP contribution in [0.1, 0.15) is 37.2 Å².